The Morgan fingerprint density at radius 1 is 1.17 bits per heavy atom. The SMILES string of the molecule is COC(=O)c1cncc(-c2ccc(SC)cc2)c1. The van der Waals surface area contributed by atoms with Crippen LogP contribution in [0.3, 0.4) is 0 Å². The maximum Gasteiger partial charge on any atom is 0.339 e. The van der Waals surface area contributed by atoms with E-state index in [1.807, 2.05) is 30.5 Å². The van der Waals surface area contributed by atoms with Crippen molar-refractivity contribution in [2.45, 2.75) is 4.90 Å². The summed E-state index contributed by atoms with van der Waals surface area (Å²) in [7, 11) is 1.36. The van der Waals surface area contributed by atoms with Gasteiger partial charge in [-0.3, -0.25) is 4.98 Å². The molecule has 2 aromatic rings. The number of hydrogen-bond donors (Lipinski definition) is 0. The van der Waals surface area contributed by atoms with E-state index in [1.165, 1.54) is 18.2 Å². The number of thioether (sulfide) groups is 1. The molecule has 0 amide bonds. The summed E-state index contributed by atoms with van der Waals surface area (Å²) in [6.07, 6.45) is 5.28. The first kappa shape index (κ1) is 12.6. The summed E-state index contributed by atoms with van der Waals surface area (Å²) >= 11 is 1.69. The summed E-state index contributed by atoms with van der Waals surface area (Å²) in [6, 6.07) is 9.91. The Labute approximate surface area is 110 Å². The van der Waals surface area contributed by atoms with Crippen molar-refractivity contribution in [3.05, 3.63) is 48.3 Å². The first-order valence-corrected chi connectivity index (χ1v) is 6.65. The van der Waals surface area contributed by atoms with Crippen LogP contribution in [0.1, 0.15) is 10.4 Å². The number of hydrogen-bond acceptors (Lipinski definition) is 4. The summed E-state index contributed by atoms with van der Waals surface area (Å²) in [5, 5.41) is 0. The van der Waals surface area contributed by atoms with Crippen molar-refractivity contribution in [1.29, 1.82) is 0 Å². The molecule has 4 heteroatoms. The standard InChI is InChI=1S/C14H13NO2S/c1-17-14(16)12-7-11(8-15-9-12)10-3-5-13(18-2)6-4-10/h3-9H,1-2H3. The van der Waals surface area contributed by atoms with E-state index in [9.17, 15) is 4.79 Å². The van der Waals surface area contributed by atoms with Gasteiger partial charge in [0.1, 0.15) is 0 Å². The molecule has 0 fully saturated rings. The van der Waals surface area contributed by atoms with Gasteiger partial charge in [-0.05, 0) is 30.0 Å². The molecular formula is C14H13NO2S. The Hall–Kier alpha value is -1.81. The second kappa shape index (κ2) is 5.69. The summed E-state index contributed by atoms with van der Waals surface area (Å²) in [4.78, 5) is 16.7. The highest BCUT2D eigenvalue weighted by atomic mass is 32.2. The molecule has 18 heavy (non-hydrogen) atoms. The van der Waals surface area contributed by atoms with Crippen LogP contribution in [0.2, 0.25) is 0 Å². The minimum atomic E-state index is -0.370. The van der Waals surface area contributed by atoms with Crippen LogP contribution in [0.25, 0.3) is 11.1 Å². The third-order valence-electron chi connectivity index (χ3n) is 2.58. The molecule has 0 aliphatic carbocycles. The molecule has 1 aromatic carbocycles. The zero-order valence-corrected chi connectivity index (χ0v) is 11.0. The molecule has 0 unspecified atom stereocenters. The fourth-order valence-corrected chi connectivity index (χ4v) is 2.02. The third-order valence-corrected chi connectivity index (χ3v) is 3.33. The average Bonchev–Trinajstić information content (AvgIpc) is 2.46. The van der Waals surface area contributed by atoms with Gasteiger partial charge in [-0.25, -0.2) is 4.79 Å². The Bertz CT molecular complexity index is 552. The summed E-state index contributed by atoms with van der Waals surface area (Å²) in [6.45, 7) is 0. The highest BCUT2D eigenvalue weighted by molar-refractivity contribution is 7.98. The molecule has 0 saturated heterocycles. The van der Waals surface area contributed by atoms with Crippen molar-refractivity contribution >= 4 is 17.7 Å². The van der Waals surface area contributed by atoms with Gasteiger partial charge in [0, 0.05) is 22.9 Å². The highest BCUT2D eigenvalue weighted by Gasteiger charge is 2.07. The number of nitrogens with zero attached hydrogens (tertiary/aromatic N) is 1. The van der Waals surface area contributed by atoms with Crippen molar-refractivity contribution in [3.8, 4) is 11.1 Å². The van der Waals surface area contributed by atoms with Crippen LogP contribution in [0.4, 0.5) is 0 Å². The van der Waals surface area contributed by atoms with Crippen LogP contribution in [-0.2, 0) is 4.74 Å². The van der Waals surface area contributed by atoms with Gasteiger partial charge in [0.2, 0.25) is 0 Å². The average molecular weight is 259 g/mol. The lowest BCUT2D eigenvalue weighted by molar-refractivity contribution is 0.0600. The van der Waals surface area contributed by atoms with Gasteiger partial charge in [-0.2, -0.15) is 0 Å². The normalized spacial score (nSPS) is 10.1. The van der Waals surface area contributed by atoms with Gasteiger partial charge in [0.15, 0.2) is 0 Å². The second-order valence-electron chi connectivity index (χ2n) is 3.68. The molecule has 0 saturated carbocycles. The third kappa shape index (κ3) is 2.71. The fourth-order valence-electron chi connectivity index (χ4n) is 1.61. The van der Waals surface area contributed by atoms with E-state index in [1.54, 1.807) is 24.0 Å². The van der Waals surface area contributed by atoms with Crippen molar-refractivity contribution in [3.63, 3.8) is 0 Å². The number of ether oxygens (including phenoxy) is 1. The predicted octanol–water partition coefficient (Wildman–Crippen LogP) is 3.26. The molecular weight excluding hydrogens is 246 g/mol. The lowest BCUT2D eigenvalue weighted by Crippen LogP contribution is -2.01. The molecule has 0 N–H and O–H groups in total. The monoisotopic (exact) mass is 259 g/mol. The number of methoxy groups -OCH3 is 1. The zero-order valence-electron chi connectivity index (χ0n) is 10.2. The van der Waals surface area contributed by atoms with E-state index in [0.717, 1.165) is 11.1 Å². The topological polar surface area (TPSA) is 39.2 Å². The van der Waals surface area contributed by atoms with Crippen molar-refractivity contribution in [2.24, 2.45) is 0 Å². The number of carbonyl (C=O) groups excluding carboxylic acids is 1. The maximum atomic E-state index is 11.4. The van der Waals surface area contributed by atoms with Gasteiger partial charge < -0.3 is 4.74 Å². The largest absolute Gasteiger partial charge is 0.465 e. The van der Waals surface area contributed by atoms with Gasteiger partial charge >= 0.3 is 5.97 Å². The molecule has 0 aliphatic rings. The molecule has 0 bridgehead atoms. The van der Waals surface area contributed by atoms with Gasteiger partial charge in [-0.15, -0.1) is 11.8 Å². The Kier molecular flexibility index (Phi) is 3.99. The molecule has 1 aromatic heterocycles. The van der Waals surface area contributed by atoms with Crippen molar-refractivity contribution < 1.29 is 9.53 Å². The van der Waals surface area contributed by atoms with E-state index >= 15 is 0 Å². The van der Waals surface area contributed by atoms with E-state index in [0.29, 0.717) is 5.56 Å². The van der Waals surface area contributed by atoms with Gasteiger partial charge in [0.05, 0.1) is 12.7 Å². The molecule has 92 valence electrons. The Balaban J connectivity index is 2.35. The van der Waals surface area contributed by atoms with E-state index < -0.39 is 0 Å². The minimum Gasteiger partial charge on any atom is -0.465 e. The molecule has 0 aliphatic heterocycles. The molecule has 2 rings (SSSR count). The molecule has 1 heterocycles. The lowest BCUT2D eigenvalue weighted by Gasteiger charge is -2.04. The fraction of sp³-hybridized carbons (Fsp3) is 0.143. The van der Waals surface area contributed by atoms with Crippen LogP contribution in [0.5, 0.6) is 0 Å². The van der Waals surface area contributed by atoms with Crippen molar-refractivity contribution in [1.82, 2.24) is 4.98 Å². The van der Waals surface area contributed by atoms with Crippen LogP contribution in [0, 0.1) is 0 Å². The smallest absolute Gasteiger partial charge is 0.339 e. The number of aromatic nitrogens is 1. The second-order valence-corrected chi connectivity index (χ2v) is 4.56. The van der Waals surface area contributed by atoms with E-state index in [2.05, 4.69) is 9.72 Å². The zero-order chi connectivity index (χ0) is 13.0. The summed E-state index contributed by atoms with van der Waals surface area (Å²) < 4.78 is 4.68. The van der Waals surface area contributed by atoms with Crippen LogP contribution in [-0.4, -0.2) is 24.3 Å². The molecule has 0 atom stereocenters. The first-order valence-electron chi connectivity index (χ1n) is 5.42. The Morgan fingerprint density at radius 3 is 2.50 bits per heavy atom. The van der Waals surface area contributed by atoms with Crippen LogP contribution < -0.4 is 0 Å². The lowest BCUT2D eigenvalue weighted by atomic mass is 10.1. The molecule has 3 nitrogen and oxygen atoms in total. The molecule has 0 radical (unpaired) electrons. The van der Waals surface area contributed by atoms with Gasteiger partial charge in [0.25, 0.3) is 0 Å². The van der Waals surface area contributed by atoms with Crippen molar-refractivity contribution in [2.75, 3.05) is 13.4 Å². The number of carbonyl (C=O) groups is 1. The predicted molar refractivity (Wildman–Crippen MR) is 72.8 cm³/mol. The Morgan fingerprint density at radius 2 is 1.89 bits per heavy atom. The highest BCUT2D eigenvalue weighted by Crippen LogP contribution is 2.23. The maximum absolute atomic E-state index is 11.4. The van der Waals surface area contributed by atoms with E-state index in [4.69, 9.17) is 0 Å². The van der Waals surface area contributed by atoms with Gasteiger partial charge in [-0.1, -0.05) is 12.1 Å². The van der Waals surface area contributed by atoms with E-state index in [-0.39, 0.29) is 5.97 Å². The quantitative estimate of drug-likeness (QED) is 0.626. The number of benzene rings is 1. The number of pyridine rings is 1. The first-order chi connectivity index (χ1) is 8.74. The summed E-state index contributed by atoms with van der Waals surface area (Å²) in [5.74, 6) is -0.370. The minimum absolute atomic E-state index is 0.370. The number of esters is 1. The number of rotatable bonds is 3. The summed E-state index contributed by atoms with van der Waals surface area (Å²) in [5.41, 5.74) is 2.40. The molecule has 0 spiro atoms. The van der Waals surface area contributed by atoms with Crippen LogP contribution >= 0.6 is 11.8 Å². The van der Waals surface area contributed by atoms with Crippen LogP contribution in [0.15, 0.2) is 47.6 Å².